The quantitative estimate of drug-likeness (QED) is 0.150. The number of aliphatic hydroxyl groups is 1. The molecule has 11 nitrogen and oxygen atoms in total. The van der Waals surface area contributed by atoms with Gasteiger partial charge in [0.05, 0.1) is 23.4 Å². The number of aryl methyl sites for hydroxylation is 1. The van der Waals surface area contributed by atoms with Crippen LogP contribution in [0.4, 0.5) is 26.0 Å². The standard InChI is InChI=1S/C39H43F2N9O2/c1-23-27(28-9-6-11-30(24(28)2)45-39(52)32-19-34-33(49-14-3-4-15-49)12-7-16-50(34)47-32)8-5-10-29(23)43-37-35-31(44-38(46-37)36(40)41)18-25(20-42-35)21-48-17-13-26(51)22-48/h5-6,8-11,18-20,26,33,36,51H,3-4,7,12-17,21-22H2,1-2H3,(H,45,52)(H,43,44,46)/t26-,33?/m1/s1. The molecular weight excluding hydrogens is 664 g/mol. The zero-order valence-electron chi connectivity index (χ0n) is 29.4. The first-order valence-corrected chi connectivity index (χ1v) is 18.2. The summed E-state index contributed by atoms with van der Waals surface area (Å²) in [5.74, 6) is -0.631. The van der Waals surface area contributed by atoms with Crippen LogP contribution in [0.15, 0.2) is 54.7 Å². The van der Waals surface area contributed by atoms with Gasteiger partial charge in [-0.15, -0.1) is 0 Å². The number of nitrogens with one attached hydrogen (secondary N) is 2. The van der Waals surface area contributed by atoms with Crippen molar-refractivity contribution in [2.45, 2.75) is 77.6 Å². The molecule has 8 rings (SSSR count). The zero-order chi connectivity index (χ0) is 35.9. The van der Waals surface area contributed by atoms with E-state index in [0.717, 1.165) is 72.5 Å². The van der Waals surface area contributed by atoms with E-state index < -0.39 is 12.2 Å². The molecule has 6 heterocycles. The van der Waals surface area contributed by atoms with Crippen LogP contribution in [0.3, 0.4) is 0 Å². The minimum atomic E-state index is -2.87. The van der Waals surface area contributed by atoms with E-state index in [0.29, 0.717) is 53.7 Å². The maximum absolute atomic E-state index is 14.0. The molecule has 0 radical (unpaired) electrons. The van der Waals surface area contributed by atoms with Crippen LogP contribution in [0.5, 0.6) is 0 Å². The van der Waals surface area contributed by atoms with Gasteiger partial charge in [-0.3, -0.25) is 24.3 Å². The minimum Gasteiger partial charge on any atom is -0.392 e. The highest BCUT2D eigenvalue weighted by molar-refractivity contribution is 6.04. The molecule has 270 valence electrons. The second-order valence-corrected chi connectivity index (χ2v) is 14.2. The van der Waals surface area contributed by atoms with Crippen molar-refractivity contribution in [3.63, 3.8) is 0 Å². The van der Waals surface area contributed by atoms with Crippen molar-refractivity contribution in [3.05, 3.63) is 88.6 Å². The second kappa shape index (κ2) is 14.3. The molecule has 2 aromatic carbocycles. The van der Waals surface area contributed by atoms with Gasteiger partial charge in [-0.05, 0) is 111 Å². The number of nitrogens with zero attached hydrogens (tertiary/aromatic N) is 7. The summed E-state index contributed by atoms with van der Waals surface area (Å²) in [6.45, 7) is 8.80. The van der Waals surface area contributed by atoms with Crippen LogP contribution in [0.2, 0.25) is 0 Å². The van der Waals surface area contributed by atoms with Crippen molar-refractivity contribution in [2.24, 2.45) is 0 Å². The van der Waals surface area contributed by atoms with Crippen molar-refractivity contribution >= 4 is 34.1 Å². The van der Waals surface area contributed by atoms with Crippen LogP contribution < -0.4 is 10.6 Å². The molecule has 3 N–H and O–H groups in total. The zero-order valence-corrected chi connectivity index (χ0v) is 29.4. The Kier molecular flexibility index (Phi) is 9.41. The smallest absolute Gasteiger partial charge is 0.297 e. The molecule has 13 heteroatoms. The number of hydrogen-bond donors (Lipinski definition) is 3. The number of fused-ring (bicyclic) bond motifs is 2. The molecule has 2 atom stereocenters. The van der Waals surface area contributed by atoms with Crippen molar-refractivity contribution in [1.82, 2.24) is 34.5 Å². The minimum absolute atomic E-state index is 0.191. The number of amides is 1. The Labute approximate surface area is 301 Å². The largest absolute Gasteiger partial charge is 0.392 e. The van der Waals surface area contributed by atoms with E-state index in [4.69, 9.17) is 5.10 Å². The molecule has 5 aromatic rings. The van der Waals surface area contributed by atoms with Gasteiger partial charge in [0.2, 0.25) is 0 Å². The topological polar surface area (TPSA) is 124 Å². The third-order valence-corrected chi connectivity index (χ3v) is 10.7. The maximum Gasteiger partial charge on any atom is 0.297 e. The Bertz CT molecular complexity index is 2130. The van der Waals surface area contributed by atoms with E-state index in [1.807, 2.05) is 61.0 Å². The summed E-state index contributed by atoms with van der Waals surface area (Å²) in [6.07, 6.45) is 3.76. The Hall–Kier alpha value is -4.85. The highest BCUT2D eigenvalue weighted by Crippen LogP contribution is 2.37. The normalized spacial score (nSPS) is 19.4. The molecule has 3 aromatic heterocycles. The molecule has 0 bridgehead atoms. The summed E-state index contributed by atoms with van der Waals surface area (Å²) in [5, 5.41) is 21.0. The number of benzene rings is 2. The first-order chi connectivity index (χ1) is 25.2. The van der Waals surface area contributed by atoms with E-state index in [-0.39, 0.29) is 17.8 Å². The summed E-state index contributed by atoms with van der Waals surface area (Å²) < 4.78 is 30.1. The Morgan fingerprint density at radius 3 is 2.42 bits per heavy atom. The lowest BCUT2D eigenvalue weighted by atomic mass is 9.94. The molecular formula is C39H43F2N9O2. The maximum atomic E-state index is 14.0. The SMILES string of the molecule is Cc1c(NC(=O)c2cc3n(n2)CCCC3N2CCCC2)cccc1-c1cccc(Nc2nc(C(F)F)nc3cc(CN4CC[C@@H](O)C4)cnc23)c1C. The predicted octanol–water partition coefficient (Wildman–Crippen LogP) is 6.94. The number of rotatable bonds is 9. The molecule has 52 heavy (non-hydrogen) atoms. The fourth-order valence-corrected chi connectivity index (χ4v) is 8.00. The molecule has 3 aliphatic heterocycles. The molecule has 0 spiro atoms. The molecule has 3 aliphatic rings. The van der Waals surface area contributed by atoms with Crippen LogP contribution in [-0.2, 0) is 13.1 Å². The lowest BCUT2D eigenvalue weighted by Crippen LogP contribution is -2.30. The average molecular weight is 708 g/mol. The van der Waals surface area contributed by atoms with Crippen LogP contribution in [-0.4, -0.2) is 77.8 Å². The first-order valence-electron chi connectivity index (χ1n) is 18.2. The van der Waals surface area contributed by atoms with E-state index >= 15 is 0 Å². The molecule has 2 saturated heterocycles. The summed E-state index contributed by atoms with van der Waals surface area (Å²) in [5.41, 5.74) is 8.05. The lowest BCUT2D eigenvalue weighted by Gasteiger charge is -2.31. The van der Waals surface area contributed by atoms with Gasteiger partial charge < -0.3 is 15.7 Å². The number of pyridine rings is 1. The number of carbonyl (C=O) groups is 1. The number of aliphatic hydroxyl groups excluding tert-OH is 1. The molecule has 2 fully saturated rings. The third-order valence-electron chi connectivity index (χ3n) is 10.7. The van der Waals surface area contributed by atoms with Gasteiger partial charge in [0.15, 0.2) is 17.3 Å². The average Bonchev–Trinajstić information content (AvgIpc) is 3.92. The summed E-state index contributed by atoms with van der Waals surface area (Å²) in [4.78, 5) is 31.2. The third kappa shape index (κ3) is 6.75. The van der Waals surface area contributed by atoms with Crippen molar-refractivity contribution in [2.75, 3.05) is 36.8 Å². The first kappa shape index (κ1) is 34.2. The highest BCUT2D eigenvalue weighted by Gasteiger charge is 2.31. The molecule has 1 unspecified atom stereocenters. The monoisotopic (exact) mass is 707 g/mol. The van der Waals surface area contributed by atoms with Crippen molar-refractivity contribution < 1.29 is 18.7 Å². The number of β-amino-alcohol motifs (C(OH)–C–C–N with tert-alkyl or cyclic N) is 1. The molecule has 0 saturated carbocycles. The highest BCUT2D eigenvalue weighted by atomic mass is 19.3. The number of carbonyl (C=O) groups excluding carboxylic acids is 1. The molecule has 1 amide bonds. The number of hydrogen-bond acceptors (Lipinski definition) is 9. The fraction of sp³-hybridized carbons (Fsp3) is 0.410. The molecule has 0 aliphatic carbocycles. The van der Waals surface area contributed by atoms with Gasteiger partial charge in [0.25, 0.3) is 12.3 Å². The van der Waals surface area contributed by atoms with E-state index in [2.05, 4.69) is 35.4 Å². The van der Waals surface area contributed by atoms with Gasteiger partial charge in [-0.25, -0.2) is 18.7 Å². The van der Waals surface area contributed by atoms with Crippen LogP contribution in [0, 0.1) is 13.8 Å². The summed E-state index contributed by atoms with van der Waals surface area (Å²) in [7, 11) is 0. The fourth-order valence-electron chi connectivity index (χ4n) is 8.00. The number of likely N-dealkylation sites (tertiary alicyclic amines) is 2. The van der Waals surface area contributed by atoms with E-state index in [9.17, 15) is 18.7 Å². The van der Waals surface area contributed by atoms with E-state index in [1.54, 1.807) is 12.3 Å². The van der Waals surface area contributed by atoms with Gasteiger partial charge >= 0.3 is 0 Å². The Balaban J connectivity index is 1.05. The number of anilines is 3. The van der Waals surface area contributed by atoms with Gasteiger partial charge in [0.1, 0.15) is 5.52 Å². The van der Waals surface area contributed by atoms with Gasteiger partial charge in [-0.1, -0.05) is 24.3 Å². The second-order valence-electron chi connectivity index (χ2n) is 14.2. The number of alkyl halides is 2. The summed E-state index contributed by atoms with van der Waals surface area (Å²) in [6, 6.07) is 15.6. The van der Waals surface area contributed by atoms with Crippen LogP contribution >= 0.6 is 0 Å². The predicted molar refractivity (Wildman–Crippen MR) is 196 cm³/mol. The van der Waals surface area contributed by atoms with Crippen LogP contribution in [0.25, 0.3) is 22.2 Å². The summed E-state index contributed by atoms with van der Waals surface area (Å²) >= 11 is 0. The van der Waals surface area contributed by atoms with Crippen LogP contribution in [0.1, 0.15) is 83.3 Å². The van der Waals surface area contributed by atoms with Crippen molar-refractivity contribution in [1.29, 1.82) is 0 Å². The Morgan fingerprint density at radius 2 is 1.69 bits per heavy atom. The Morgan fingerprint density at radius 1 is 0.942 bits per heavy atom. The number of halogens is 2. The van der Waals surface area contributed by atoms with Gasteiger partial charge in [0, 0.05) is 43.8 Å². The van der Waals surface area contributed by atoms with Gasteiger partial charge in [-0.2, -0.15) is 5.10 Å². The lowest BCUT2D eigenvalue weighted by molar-refractivity contribution is 0.102. The van der Waals surface area contributed by atoms with Crippen molar-refractivity contribution in [3.8, 4) is 11.1 Å². The number of aromatic nitrogens is 5. The van der Waals surface area contributed by atoms with E-state index in [1.165, 1.54) is 12.8 Å².